The second-order valence-corrected chi connectivity index (χ2v) is 10.5. The Hall–Kier alpha value is -3.81. The SMILES string of the molecule is O=c1[nH]cc(-c2cccc(CCCO)c2)c2cc(CO)c3ccc(-c4ccc(CN5CCOCC5)cc4)cc3c12. The Balaban J connectivity index is 1.44. The zero-order valence-electron chi connectivity index (χ0n) is 22.5. The van der Waals surface area contributed by atoms with Gasteiger partial charge in [-0.3, -0.25) is 9.69 Å². The van der Waals surface area contributed by atoms with Crippen LogP contribution < -0.4 is 5.56 Å². The van der Waals surface area contributed by atoms with Gasteiger partial charge in [0.15, 0.2) is 0 Å². The number of nitrogens with zero attached hydrogens (tertiary/aromatic N) is 1. The summed E-state index contributed by atoms with van der Waals surface area (Å²) in [6.45, 7) is 4.42. The average molecular weight is 535 g/mol. The molecule has 6 rings (SSSR count). The largest absolute Gasteiger partial charge is 0.396 e. The summed E-state index contributed by atoms with van der Waals surface area (Å²) in [5.41, 5.74) is 7.05. The predicted molar refractivity (Wildman–Crippen MR) is 160 cm³/mol. The zero-order chi connectivity index (χ0) is 27.5. The minimum absolute atomic E-state index is 0.120. The molecular weight excluding hydrogens is 500 g/mol. The lowest BCUT2D eigenvalue weighted by Crippen LogP contribution is -2.35. The summed E-state index contributed by atoms with van der Waals surface area (Å²) >= 11 is 0. The van der Waals surface area contributed by atoms with Crippen LogP contribution in [0.5, 0.6) is 0 Å². The van der Waals surface area contributed by atoms with E-state index >= 15 is 0 Å². The number of aliphatic hydroxyl groups is 2. The molecule has 0 bridgehead atoms. The molecule has 0 radical (unpaired) electrons. The molecule has 3 N–H and O–H groups in total. The van der Waals surface area contributed by atoms with Crippen molar-refractivity contribution < 1.29 is 14.9 Å². The third kappa shape index (κ3) is 5.31. The molecular formula is C34H34N2O4. The van der Waals surface area contributed by atoms with Gasteiger partial charge in [-0.05, 0) is 74.5 Å². The lowest BCUT2D eigenvalue weighted by molar-refractivity contribution is 0.0342. The van der Waals surface area contributed by atoms with E-state index in [2.05, 4.69) is 58.4 Å². The number of rotatable bonds is 8. The van der Waals surface area contributed by atoms with Gasteiger partial charge in [-0.25, -0.2) is 0 Å². The van der Waals surface area contributed by atoms with Gasteiger partial charge >= 0.3 is 0 Å². The van der Waals surface area contributed by atoms with Crippen LogP contribution in [0, 0.1) is 0 Å². The van der Waals surface area contributed by atoms with Crippen LogP contribution >= 0.6 is 0 Å². The molecule has 1 saturated heterocycles. The van der Waals surface area contributed by atoms with Crippen LogP contribution in [-0.4, -0.2) is 53.0 Å². The van der Waals surface area contributed by atoms with Crippen LogP contribution in [0.3, 0.4) is 0 Å². The summed E-state index contributed by atoms with van der Waals surface area (Å²) in [5.74, 6) is 0. The molecule has 1 aromatic heterocycles. The molecule has 0 amide bonds. The van der Waals surface area contributed by atoms with Gasteiger partial charge < -0.3 is 19.9 Å². The molecule has 40 heavy (non-hydrogen) atoms. The number of fused-ring (bicyclic) bond motifs is 3. The van der Waals surface area contributed by atoms with Crippen molar-refractivity contribution in [3.05, 3.63) is 106 Å². The van der Waals surface area contributed by atoms with E-state index < -0.39 is 0 Å². The topological polar surface area (TPSA) is 85.8 Å². The van der Waals surface area contributed by atoms with Gasteiger partial charge in [0, 0.05) is 38.0 Å². The van der Waals surface area contributed by atoms with Crippen LogP contribution in [0.2, 0.25) is 0 Å². The molecule has 0 unspecified atom stereocenters. The highest BCUT2D eigenvalue weighted by Gasteiger charge is 2.15. The molecule has 1 fully saturated rings. The summed E-state index contributed by atoms with van der Waals surface area (Å²) in [6, 6.07) is 24.9. The second-order valence-electron chi connectivity index (χ2n) is 10.5. The number of benzene rings is 4. The number of hydrogen-bond acceptors (Lipinski definition) is 5. The number of ether oxygens (including phenoxy) is 1. The highest BCUT2D eigenvalue weighted by molar-refractivity contribution is 6.13. The van der Waals surface area contributed by atoms with Gasteiger partial charge in [0.25, 0.3) is 5.56 Å². The monoisotopic (exact) mass is 534 g/mol. The number of pyridine rings is 1. The first-order chi connectivity index (χ1) is 19.6. The van der Waals surface area contributed by atoms with Gasteiger partial charge in [-0.2, -0.15) is 0 Å². The normalized spacial score (nSPS) is 14.2. The number of aryl methyl sites for hydroxylation is 1. The summed E-state index contributed by atoms with van der Waals surface area (Å²) in [6.07, 6.45) is 3.25. The maximum atomic E-state index is 13.3. The zero-order valence-corrected chi connectivity index (χ0v) is 22.5. The van der Waals surface area contributed by atoms with Crippen molar-refractivity contribution in [3.63, 3.8) is 0 Å². The van der Waals surface area contributed by atoms with Crippen molar-refractivity contribution in [2.24, 2.45) is 0 Å². The van der Waals surface area contributed by atoms with Gasteiger partial charge in [0.2, 0.25) is 0 Å². The standard InChI is InChI=1S/C34H34N2O4/c37-14-2-4-23-3-1-5-27(17-23)32-20-35-34(39)33-30-18-26(10-11-29(30)28(22-38)19-31(32)33)25-8-6-24(7-9-25)21-36-12-15-40-16-13-36/h1,3,5-11,17-20,37-38H,2,4,12-16,21-22H2,(H,35,39). The molecule has 204 valence electrons. The van der Waals surface area contributed by atoms with E-state index in [1.54, 1.807) is 6.20 Å². The quantitative estimate of drug-likeness (QED) is 0.236. The van der Waals surface area contributed by atoms with Crippen molar-refractivity contribution in [1.29, 1.82) is 0 Å². The lowest BCUT2D eigenvalue weighted by atomic mass is 9.91. The summed E-state index contributed by atoms with van der Waals surface area (Å²) in [4.78, 5) is 18.7. The second kappa shape index (κ2) is 11.7. The van der Waals surface area contributed by atoms with Crippen molar-refractivity contribution >= 4 is 21.5 Å². The van der Waals surface area contributed by atoms with E-state index in [4.69, 9.17) is 4.74 Å². The fourth-order valence-electron chi connectivity index (χ4n) is 5.79. The number of H-pyrrole nitrogens is 1. The van der Waals surface area contributed by atoms with E-state index in [1.165, 1.54) is 5.56 Å². The Labute approximate surface area is 233 Å². The molecule has 0 aliphatic carbocycles. The molecule has 6 nitrogen and oxygen atoms in total. The van der Waals surface area contributed by atoms with E-state index in [9.17, 15) is 15.0 Å². The highest BCUT2D eigenvalue weighted by atomic mass is 16.5. The number of morpholine rings is 1. The first-order valence-corrected chi connectivity index (χ1v) is 14.0. The van der Waals surface area contributed by atoms with Crippen LogP contribution in [-0.2, 0) is 24.3 Å². The number of nitrogens with one attached hydrogen (secondary N) is 1. The minimum Gasteiger partial charge on any atom is -0.396 e. The molecule has 0 saturated carbocycles. The molecule has 1 aliphatic rings. The van der Waals surface area contributed by atoms with Crippen LogP contribution in [0.25, 0.3) is 43.8 Å². The van der Waals surface area contributed by atoms with Crippen molar-refractivity contribution in [2.75, 3.05) is 32.9 Å². The Kier molecular flexibility index (Phi) is 7.75. The summed E-state index contributed by atoms with van der Waals surface area (Å²) < 4.78 is 5.47. The van der Waals surface area contributed by atoms with Gasteiger partial charge in [0.1, 0.15) is 0 Å². The molecule has 5 aromatic rings. The van der Waals surface area contributed by atoms with Gasteiger partial charge in [-0.1, -0.05) is 60.7 Å². The third-order valence-electron chi connectivity index (χ3n) is 7.92. The maximum absolute atomic E-state index is 13.3. The molecule has 4 aromatic carbocycles. The van der Waals surface area contributed by atoms with Crippen molar-refractivity contribution in [1.82, 2.24) is 9.88 Å². The highest BCUT2D eigenvalue weighted by Crippen LogP contribution is 2.35. The van der Waals surface area contributed by atoms with E-state index in [0.29, 0.717) is 11.8 Å². The summed E-state index contributed by atoms with van der Waals surface area (Å²) in [7, 11) is 0. The third-order valence-corrected chi connectivity index (χ3v) is 7.92. The number of aliphatic hydroxyl groups excluding tert-OH is 2. The Morgan fingerprint density at radius 2 is 1.60 bits per heavy atom. The minimum atomic E-state index is -0.150. The Bertz CT molecular complexity index is 1700. The molecule has 0 spiro atoms. The molecule has 6 heteroatoms. The smallest absolute Gasteiger partial charge is 0.256 e. The van der Waals surface area contributed by atoms with Crippen molar-refractivity contribution in [2.45, 2.75) is 26.0 Å². The van der Waals surface area contributed by atoms with E-state index in [0.717, 1.165) is 88.8 Å². The molecule has 0 atom stereocenters. The van der Waals surface area contributed by atoms with E-state index in [-0.39, 0.29) is 18.8 Å². The first-order valence-electron chi connectivity index (χ1n) is 14.0. The van der Waals surface area contributed by atoms with Crippen LogP contribution in [0.1, 0.15) is 23.1 Å². The van der Waals surface area contributed by atoms with E-state index in [1.807, 2.05) is 24.3 Å². The fourth-order valence-corrected chi connectivity index (χ4v) is 5.79. The number of aromatic amines is 1. The van der Waals surface area contributed by atoms with Gasteiger partial charge in [0.05, 0.1) is 25.2 Å². The van der Waals surface area contributed by atoms with Crippen LogP contribution in [0.4, 0.5) is 0 Å². The van der Waals surface area contributed by atoms with Gasteiger partial charge in [-0.15, -0.1) is 0 Å². The first kappa shape index (κ1) is 26.4. The lowest BCUT2D eigenvalue weighted by Gasteiger charge is -2.26. The Morgan fingerprint density at radius 1 is 0.800 bits per heavy atom. The number of aromatic nitrogens is 1. The fraction of sp³-hybridized carbons (Fsp3) is 0.265. The summed E-state index contributed by atoms with van der Waals surface area (Å²) in [5, 5.41) is 22.7. The number of hydrogen-bond donors (Lipinski definition) is 3. The maximum Gasteiger partial charge on any atom is 0.256 e. The van der Waals surface area contributed by atoms with Crippen LogP contribution in [0.15, 0.2) is 83.8 Å². The predicted octanol–water partition coefficient (Wildman–Crippen LogP) is 5.26. The van der Waals surface area contributed by atoms with Crippen molar-refractivity contribution in [3.8, 4) is 22.3 Å². The average Bonchev–Trinajstić information content (AvgIpc) is 3.00. The molecule has 2 heterocycles. The molecule has 1 aliphatic heterocycles. The Morgan fingerprint density at radius 3 is 2.38 bits per heavy atom.